The Balaban J connectivity index is 2.14. The third kappa shape index (κ3) is 3.77. The predicted molar refractivity (Wildman–Crippen MR) is 86.2 cm³/mol. The highest BCUT2D eigenvalue weighted by molar-refractivity contribution is 9.11. The fourth-order valence-corrected chi connectivity index (χ4v) is 2.82. The number of halogens is 2. The van der Waals surface area contributed by atoms with Gasteiger partial charge in [0.25, 0.3) is 0 Å². The number of phenolic OH excluding ortho intramolecular Hbond substituents is 1. The van der Waals surface area contributed by atoms with Gasteiger partial charge in [0.2, 0.25) is 5.95 Å². The van der Waals surface area contributed by atoms with E-state index in [-0.39, 0.29) is 5.75 Å². The number of hydrazone groups is 1. The van der Waals surface area contributed by atoms with E-state index in [1.54, 1.807) is 18.3 Å². The first-order valence-corrected chi connectivity index (χ1v) is 7.33. The van der Waals surface area contributed by atoms with E-state index in [1.165, 1.54) is 0 Å². The van der Waals surface area contributed by atoms with Gasteiger partial charge in [0.15, 0.2) is 0 Å². The van der Waals surface area contributed by atoms with Gasteiger partial charge in [-0.15, -0.1) is 0 Å². The Labute approximate surface area is 133 Å². The molecule has 0 aliphatic rings. The average molecular weight is 400 g/mol. The molecule has 0 unspecified atom stereocenters. The number of hydrogen-bond acceptors (Lipinski definition) is 5. The molecule has 0 atom stereocenters. The van der Waals surface area contributed by atoms with Gasteiger partial charge in [-0.3, -0.25) is 0 Å². The van der Waals surface area contributed by atoms with Crippen molar-refractivity contribution in [3.8, 4) is 5.75 Å². The first-order chi connectivity index (χ1) is 9.45. The lowest BCUT2D eigenvalue weighted by atomic mass is 10.2. The van der Waals surface area contributed by atoms with Crippen LogP contribution < -0.4 is 5.43 Å². The average Bonchev–Trinajstić information content (AvgIpc) is 2.34. The molecular formula is C13H12Br2N4O. The topological polar surface area (TPSA) is 70.4 Å². The van der Waals surface area contributed by atoms with Crippen LogP contribution in [-0.2, 0) is 0 Å². The van der Waals surface area contributed by atoms with Crippen LogP contribution in [0.4, 0.5) is 5.95 Å². The molecule has 0 saturated heterocycles. The first kappa shape index (κ1) is 14.9. The minimum Gasteiger partial charge on any atom is -0.506 e. The minimum atomic E-state index is 0.160. The van der Waals surface area contributed by atoms with E-state index in [0.29, 0.717) is 14.9 Å². The zero-order chi connectivity index (χ0) is 14.7. The Hall–Kier alpha value is -1.47. The van der Waals surface area contributed by atoms with E-state index < -0.39 is 0 Å². The number of aromatic nitrogens is 2. The van der Waals surface area contributed by atoms with Gasteiger partial charge in [0.1, 0.15) is 5.75 Å². The summed E-state index contributed by atoms with van der Waals surface area (Å²) in [7, 11) is 0. The Kier molecular flexibility index (Phi) is 4.72. The summed E-state index contributed by atoms with van der Waals surface area (Å²) in [5.74, 6) is 0.614. The second kappa shape index (κ2) is 6.32. The minimum absolute atomic E-state index is 0.160. The summed E-state index contributed by atoms with van der Waals surface area (Å²) in [5.41, 5.74) is 5.36. The number of nitrogens with one attached hydrogen (secondary N) is 1. The summed E-state index contributed by atoms with van der Waals surface area (Å²) in [6, 6.07) is 5.41. The van der Waals surface area contributed by atoms with Crippen molar-refractivity contribution in [2.24, 2.45) is 5.10 Å². The van der Waals surface area contributed by atoms with Crippen molar-refractivity contribution in [3.05, 3.63) is 44.1 Å². The fraction of sp³-hybridized carbons (Fsp3) is 0.154. The maximum Gasteiger partial charge on any atom is 0.243 e. The van der Waals surface area contributed by atoms with Gasteiger partial charge in [0.05, 0.1) is 15.2 Å². The molecule has 104 valence electrons. The lowest BCUT2D eigenvalue weighted by molar-refractivity contribution is 0.468. The van der Waals surface area contributed by atoms with Crippen LogP contribution in [0.2, 0.25) is 0 Å². The van der Waals surface area contributed by atoms with Crippen molar-refractivity contribution in [1.82, 2.24) is 9.97 Å². The van der Waals surface area contributed by atoms with Crippen molar-refractivity contribution >= 4 is 44.0 Å². The number of anilines is 1. The summed E-state index contributed by atoms with van der Waals surface area (Å²) in [6.45, 7) is 3.80. The van der Waals surface area contributed by atoms with Gasteiger partial charge in [-0.1, -0.05) is 0 Å². The Morgan fingerprint density at radius 2 is 1.65 bits per heavy atom. The van der Waals surface area contributed by atoms with Gasteiger partial charge >= 0.3 is 0 Å². The van der Waals surface area contributed by atoms with Gasteiger partial charge in [-0.25, -0.2) is 15.4 Å². The molecule has 0 aliphatic heterocycles. The monoisotopic (exact) mass is 398 g/mol. The number of phenols is 1. The third-order valence-electron chi connectivity index (χ3n) is 2.40. The molecule has 1 aromatic carbocycles. The quantitative estimate of drug-likeness (QED) is 0.608. The van der Waals surface area contributed by atoms with Crippen LogP contribution in [-0.4, -0.2) is 21.3 Å². The second-order valence-electron chi connectivity index (χ2n) is 4.18. The normalized spacial score (nSPS) is 11.0. The second-order valence-corrected chi connectivity index (χ2v) is 5.89. The lowest BCUT2D eigenvalue weighted by Crippen LogP contribution is -1.99. The third-order valence-corrected chi connectivity index (χ3v) is 3.61. The Morgan fingerprint density at radius 1 is 1.10 bits per heavy atom. The van der Waals surface area contributed by atoms with Gasteiger partial charge < -0.3 is 5.11 Å². The Morgan fingerprint density at radius 3 is 2.20 bits per heavy atom. The van der Waals surface area contributed by atoms with Crippen LogP contribution in [0, 0.1) is 13.8 Å². The van der Waals surface area contributed by atoms with E-state index in [9.17, 15) is 5.11 Å². The van der Waals surface area contributed by atoms with Crippen LogP contribution in [0.25, 0.3) is 0 Å². The summed E-state index contributed by atoms with van der Waals surface area (Å²) in [6.07, 6.45) is 1.62. The van der Waals surface area contributed by atoms with Crippen molar-refractivity contribution in [2.45, 2.75) is 13.8 Å². The van der Waals surface area contributed by atoms with Gasteiger partial charge in [-0.05, 0) is 69.5 Å². The maximum absolute atomic E-state index is 9.62. The largest absolute Gasteiger partial charge is 0.506 e. The molecule has 2 rings (SSSR count). The smallest absolute Gasteiger partial charge is 0.243 e. The molecule has 0 bridgehead atoms. The summed E-state index contributed by atoms with van der Waals surface area (Å²) >= 11 is 6.53. The molecular weight excluding hydrogens is 388 g/mol. The van der Waals surface area contributed by atoms with Crippen LogP contribution in [0.15, 0.2) is 32.2 Å². The highest BCUT2D eigenvalue weighted by Crippen LogP contribution is 2.32. The SMILES string of the molecule is Cc1cc(C)nc(N/N=C\c2cc(Br)c(O)c(Br)c2)n1. The zero-order valence-corrected chi connectivity index (χ0v) is 14.0. The number of aryl methyl sites for hydroxylation is 2. The summed E-state index contributed by atoms with van der Waals surface area (Å²) in [4.78, 5) is 8.44. The molecule has 0 saturated carbocycles. The van der Waals surface area contributed by atoms with Crippen molar-refractivity contribution in [2.75, 3.05) is 5.43 Å². The van der Waals surface area contributed by atoms with E-state index in [4.69, 9.17) is 0 Å². The maximum atomic E-state index is 9.62. The molecule has 1 heterocycles. The number of benzene rings is 1. The van der Waals surface area contributed by atoms with E-state index in [2.05, 4.69) is 52.4 Å². The Bertz CT molecular complexity index is 630. The summed E-state index contributed by atoms with van der Waals surface area (Å²) < 4.78 is 1.19. The molecule has 20 heavy (non-hydrogen) atoms. The van der Waals surface area contributed by atoms with E-state index in [1.807, 2.05) is 19.9 Å². The van der Waals surface area contributed by atoms with E-state index >= 15 is 0 Å². The molecule has 2 aromatic rings. The molecule has 0 aliphatic carbocycles. The predicted octanol–water partition coefficient (Wildman–Crippen LogP) is 3.77. The number of nitrogens with zero attached hydrogens (tertiary/aromatic N) is 3. The molecule has 2 N–H and O–H groups in total. The first-order valence-electron chi connectivity index (χ1n) is 5.75. The molecule has 5 nitrogen and oxygen atoms in total. The van der Waals surface area contributed by atoms with Crippen LogP contribution in [0.3, 0.4) is 0 Å². The number of hydrogen-bond donors (Lipinski definition) is 2. The van der Waals surface area contributed by atoms with E-state index in [0.717, 1.165) is 17.0 Å². The molecule has 0 spiro atoms. The number of aromatic hydroxyl groups is 1. The lowest BCUT2D eigenvalue weighted by Gasteiger charge is -2.03. The van der Waals surface area contributed by atoms with Crippen LogP contribution in [0.5, 0.6) is 5.75 Å². The van der Waals surface area contributed by atoms with Crippen molar-refractivity contribution in [3.63, 3.8) is 0 Å². The zero-order valence-electron chi connectivity index (χ0n) is 10.9. The highest BCUT2D eigenvalue weighted by Gasteiger charge is 2.04. The summed E-state index contributed by atoms with van der Waals surface area (Å²) in [5, 5.41) is 13.7. The molecule has 1 aromatic heterocycles. The molecule has 0 amide bonds. The molecule has 0 fully saturated rings. The molecule has 0 radical (unpaired) electrons. The highest BCUT2D eigenvalue weighted by atomic mass is 79.9. The van der Waals surface area contributed by atoms with Crippen molar-refractivity contribution in [1.29, 1.82) is 0 Å². The standard InChI is InChI=1S/C13H12Br2N4O/c1-7-3-8(2)18-13(17-7)19-16-6-9-4-10(14)12(20)11(15)5-9/h3-6,20H,1-2H3,(H,17,18,19)/b16-6-. The van der Waals surface area contributed by atoms with Crippen LogP contribution in [0.1, 0.15) is 17.0 Å². The van der Waals surface area contributed by atoms with Crippen LogP contribution >= 0.6 is 31.9 Å². The van der Waals surface area contributed by atoms with Crippen molar-refractivity contribution < 1.29 is 5.11 Å². The van der Waals surface area contributed by atoms with Gasteiger partial charge in [0, 0.05) is 11.4 Å². The number of rotatable bonds is 3. The molecule has 7 heteroatoms. The van der Waals surface area contributed by atoms with Gasteiger partial charge in [-0.2, -0.15) is 5.10 Å². The fourth-order valence-electron chi connectivity index (χ4n) is 1.60.